The van der Waals surface area contributed by atoms with E-state index < -0.39 is 29.9 Å². The highest BCUT2D eigenvalue weighted by atomic mass is 32.2. The van der Waals surface area contributed by atoms with Gasteiger partial charge in [-0.05, 0) is 30.4 Å². The third kappa shape index (κ3) is 3.69. The number of amides is 1. The summed E-state index contributed by atoms with van der Waals surface area (Å²) >= 11 is 1.88. The van der Waals surface area contributed by atoms with Crippen LogP contribution in [-0.2, 0) is 4.74 Å². The molecule has 3 aliphatic rings. The highest BCUT2D eigenvalue weighted by molar-refractivity contribution is 7.99. The molecule has 2 unspecified atom stereocenters. The fraction of sp³-hybridized carbons (Fsp3) is 0.688. The molecule has 0 aromatic heterocycles. The molecule has 2 fully saturated rings. The molecule has 8 heteroatoms. The molecule has 0 aromatic rings. The molecule has 5 nitrogen and oxygen atoms in total. The first-order valence-corrected chi connectivity index (χ1v) is 9.42. The Morgan fingerprint density at radius 2 is 2.00 bits per heavy atom. The molecule has 3 rings (SSSR count). The molecule has 1 aliphatic carbocycles. The Hall–Kier alpha value is -1.28. The first-order chi connectivity index (χ1) is 11.6. The number of hydrogen-bond donors (Lipinski definition) is 1. The third-order valence-corrected chi connectivity index (χ3v) is 5.62. The van der Waals surface area contributed by atoms with E-state index in [9.17, 15) is 13.6 Å². The number of aliphatic hydroxyl groups excluding tert-OH is 1. The van der Waals surface area contributed by atoms with Crippen LogP contribution in [-0.4, -0.2) is 70.9 Å². The predicted octanol–water partition coefficient (Wildman–Crippen LogP) is 2.44. The minimum Gasteiger partial charge on any atom is -0.442 e. The lowest BCUT2D eigenvalue weighted by Gasteiger charge is -2.33. The van der Waals surface area contributed by atoms with Gasteiger partial charge in [0.15, 0.2) is 0 Å². The van der Waals surface area contributed by atoms with Crippen LogP contribution in [0.25, 0.3) is 0 Å². The molecule has 2 atom stereocenters. The van der Waals surface area contributed by atoms with Crippen molar-refractivity contribution >= 4 is 17.9 Å². The van der Waals surface area contributed by atoms with Crippen LogP contribution in [0.15, 0.2) is 23.4 Å². The number of thioether (sulfide) groups is 1. The fourth-order valence-corrected chi connectivity index (χ4v) is 4.17. The van der Waals surface area contributed by atoms with Crippen LogP contribution in [0.1, 0.15) is 19.3 Å². The van der Waals surface area contributed by atoms with Gasteiger partial charge in [-0.1, -0.05) is 0 Å². The quantitative estimate of drug-likeness (QED) is 0.838. The number of aliphatic hydroxyl groups is 1. The summed E-state index contributed by atoms with van der Waals surface area (Å²) < 4.78 is 34.2. The summed E-state index contributed by atoms with van der Waals surface area (Å²) in [5, 5.41) is 9.08. The molecular weight excluding hydrogens is 338 g/mol. The normalized spacial score (nSPS) is 29.3. The summed E-state index contributed by atoms with van der Waals surface area (Å²) in [5.41, 5.74) is 0.0458. The average Bonchev–Trinajstić information content (AvgIpc) is 2.89. The molecule has 2 saturated heterocycles. The van der Waals surface area contributed by atoms with Crippen molar-refractivity contribution in [2.45, 2.75) is 31.4 Å². The zero-order valence-electron chi connectivity index (χ0n) is 13.4. The van der Waals surface area contributed by atoms with Gasteiger partial charge >= 0.3 is 6.09 Å². The van der Waals surface area contributed by atoms with Gasteiger partial charge in [0.05, 0.1) is 19.2 Å². The Morgan fingerprint density at radius 1 is 1.29 bits per heavy atom. The SMILES string of the molecule is O=C1OC(CO)CN1C1C=C(F)C(N2CCCSCCC2)=C(F)C1. The molecule has 0 bridgehead atoms. The van der Waals surface area contributed by atoms with Crippen LogP contribution >= 0.6 is 11.8 Å². The van der Waals surface area contributed by atoms with Gasteiger partial charge in [-0.2, -0.15) is 11.8 Å². The number of allylic oxidation sites excluding steroid dienone is 1. The van der Waals surface area contributed by atoms with Crippen molar-refractivity contribution < 1.29 is 23.4 Å². The second-order valence-corrected chi connectivity index (χ2v) is 7.41. The van der Waals surface area contributed by atoms with E-state index in [0.717, 1.165) is 24.3 Å². The summed E-state index contributed by atoms with van der Waals surface area (Å²) in [6, 6.07) is -0.705. The lowest BCUT2D eigenvalue weighted by Crippen LogP contribution is -2.39. The van der Waals surface area contributed by atoms with Crippen molar-refractivity contribution in [3.05, 3.63) is 23.4 Å². The Morgan fingerprint density at radius 3 is 2.58 bits per heavy atom. The number of carbonyl (C=O) groups excluding carboxylic acids is 1. The first-order valence-electron chi connectivity index (χ1n) is 8.27. The molecule has 134 valence electrons. The van der Waals surface area contributed by atoms with E-state index in [0.29, 0.717) is 13.1 Å². The molecule has 1 N–H and O–H groups in total. The molecule has 0 aromatic carbocycles. The second kappa shape index (κ2) is 7.74. The standard InChI is InChI=1S/C16H22F2N2O3S/c17-13-7-11(20-9-12(10-21)23-16(20)22)8-14(18)15(13)19-3-1-5-24-6-2-4-19/h7,11-12,21H,1-6,8-10H2. The van der Waals surface area contributed by atoms with Gasteiger partial charge in [0.25, 0.3) is 0 Å². The van der Waals surface area contributed by atoms with E-state index >= 15 is 0 Å². The molecular formula is C16H22F2N2O3S. The molecule has 0 radical (unpaired) electrons. The smallest absolute Gasteiger partial charge is 0.410 e. The van der Waals surface area contributed by atoms with Crippen molar-refractivity contribution in [1.29, 1.82) is 0 Å². The van der Waals surface area contributed by atoms with Gasteiger partial charge in [-0.25, -0.2) is 13.6 Å². The van der Waals surface area contributed by atoms with E-state index in [-0.39, 0.29) is 25.3 Å². The topological polar surface area (TPSA) is 53.0 Å². The molecule has 24 heavy (non-hydrogen) atoms. The molecule has 2 aliphatic heterocycles. The number of cyclic esters (lactones) is 1. The molecule has 0 saturated carbocycles. The second-order valence-electron chi connectivity index (χ2n) is 6.19. The number of hydrogen-bond acceptors (Lipinski definition) is 5. The van der Waals surface area contributed by atoms with Crippen molar-refractivity contribution in [3.63, 3.8) is 0 Å². The molecule has 1 amide bonds. The van der Waals surface area contributed by atoms with Gasteiger partial charge in [0.1, 0.15) is 23.5 Å². The Labute approximate surface area is 144 Å². The van der Waals surface area contributed by atoms with E-state index in [4.69, 9.17) is 9.84 Å². The highest BCUT2D eigenvalue weighted by Gasteiger charge is 2.38. The fourth-order valence-electron chi connectivity index (χ4n) is 3.30. The Balaban J connectivity index is 1.73. The maximum atomic E-state index is 14.7. The maximum absolute atomic E-state index is 14.7. The molecule has 0 spiro atoms. The number of ether oxygens (including phenoxy) is 1. The lowest BCUT2D eigenvalue weighted by atomic mass is 10.0. The van der Waals surface area contributed by atoms with Crippen LogP contribution in [0.5, 0.6) is 0 Å². The minimum absolute atomic E-state index is 0.0458. The van der Waals surface area contributed by atoms with E-state index in [1.165, 1.54) is 11.0 Å². The predicted molar refractivity (Wildman–Crippen MR) is 87.9 cm³/mol. The average molecular weight is 360 g/mol. The van der Waals surface area contributed by atoms with Gasteiger partial charge in [-0.3, -0.25) is 4.90 Å². The minimum atomic E-state index is -0.705. The van der Waals surface area contributed by atoms with Crippen LogP contribution in [0.2, 0.25) is 0 Å². The number of rotatable bonds is 3. The first kappa shape index (κ1) is 17.5. The van der Waals surface area contributed by atoms with Gasteiger partial charge in [0, 0.05) is 19.5 Å². The van der Waals surface area contributed by atoms with E-state index in [1.807, 2.05) is 11.8 Å². The van der Waals surface area contributed by atoms with Gasteiger partial charge in [-0.15, -0.1) is 0 Å². The summed E-state index contributed by atoms with van der Waals surface area (Å²) in [7, 11) is 0. The molecule has 2 heterocycles. The van der Waals surface area contributed by atoms with Crippen molar-refractivity contribution in [2.75, 3.05) is 37.7 Å². The van der Waals surface area contributed by atoms with Crippen molar-refractivity contribution in [1.82, 2.24) is 9.80 Å². The Kier molecular flexibility index (Phi) is 5.65. The summed E-state index contributed by atoms with van der Waals surface area (Å²) in [5.74, 6) is 0.869. The highest BCUT2D eigenvalue weighted by Crippen LogP contribution is 2.34. The zero-order valence-corrected chi connectivity index (χ0v) is 14.2. The zero-order chi connectivity index (χ0) is 17.1. The monoisotopic (exact) mass is 360 g/mol. The summed E-state index contributed by atoms with van der Waals surface area (Å²) in [6.45, 7) is 1.13. The lowest BCUT2D eigenvalue weighted by molar-refractivity contribution is 0.0943. The third-order valence-electron chi connectivity index (χ3n) is 4.47. The van der Waals surface area contributed by atoms with Crippen LogP contribution < -0.4 is 0 Å². The largest absolute Gasteiger partial charge is 0.442 e. The summed E-state index contributed by atoms with van der Waals surface area (Å²) in [6.07, 6.45) is 1.77. The van der Waals surface area contributed by atoms with Crippen LogP contribution in [0.3, 0.4) is 0 Å². The maximum Gasteiger partial charge on any atom is 0.410 e. The number of nitrogens with zero attached hydrogens (tertiary/aromatic N) is 2. The number of halogens is 2. The van der Waals surface area contributed by atoms with Crippen molar-refractivity contribution in [3.8, 4) is 0 Å². The van der Waals surface area contributed by atoms with Crippen molar-refractivity contribution in [2.24, 2.45) is 0 Å². The van der Waals surface area contributed by atoms with Gasteiger partial charge in [0.2, 0.25) is 0 Å². The van der Waals surface area contributed by atoms with Crippen LogP contribution in [0.4, 0.5) is 13.6 Å². The van der Waals surface area contributed by atoms with E-state index in [1.54, 1.807) is 4.90 Å². The van der Waals surface area contributed by atoms with E-state index in [2.05, 4.69) is 0 Å². The van der Waals surface area contributed by atoms with Crippen LogP contribution in [0, 0.1) is 0 Å². The Bertz CT molecular complexity index is 547. The van der Waals surface area contributed by atoms with Gasteiger partial charge < -0.3 is 14.7 Å². The number of carbonyl (C=O) groups is 1. The summed E-state index contributed by atoms with van der Waals surface area (Å²) in [4.78, 5) is 14.9.